The lowest BCUT2D eigenvalue weighted by Crippen LogP contribution is -2.31. The highest BCUT2D eigenvalue weighted by atomic mass is 15.1. The van der Waals surface area contributed by atoms with Gasteiger partial charge < -0.3 is 11.1 Å². The van der Waals surface area contributed by atoms with Crippen molar-refractivity contribution in [1.29, 1.82) is 0 Å². The lowest BCUT2D eigenvalue weighted by molar-refractivity contribution is 0.641. The number of rotatable bonds is 4. The predicted molar refractivity (Wildman–Crippen MR) is 56.0 cm³/mol. The van der Waals surface area contributed by atoms with Crippen LogP contribution < -0.4 is 11.1 Å². The first-order chi connectivity index (χ1) is 6.81. The van der Waals surface area contributed by atoms with Gasteiger partial charge in [-0.15, -0.1) is 0 Å². The number of nitrogens with one attached hydrogen (secondary N) is 1. The number of nitrogens with zero attached hydrogens (tertiary/aromatic N) is 2. The molecule has 14 heavy (non-hydrogen) atoms. The van der Waals surface area contributed by atoms with Crippen LogP contribution in [0, 0.1) is 12.8 Å². The molecule has 1 atom stereocenters. The molecule has 0 spiro atoms. The summed E-state index contributed by atoms with van der Waals surface area (Å²) in [5.41, 5.74) is 6.64. The number of anilines is 1. The minimum absolute atomic E-state index is 0.366. The molecule has 0 aromatic carbocycles. The molecule has 1 unspecified atom stereocenters. The van der Waals surface area contributed by atoms with E-state index < -0.39 is 0 Å². The molecule has 76 valence electrons. The van der Waals surface area contributed by atoms with Gasteiger partial charge in [0.05, 0.1) is 5.69 Å². The van der Waals surface area contributed by atoms with E-state index in [1.807, 2.05) is 6.92 Å². The summed E-state index contributed by atoms with van der Waals surface area (Å²) in [7, 11) is 0. The minimum atomic E-state index is 0.366. The predicted octanol–water partition coefficient (Wildman–Crippen LogP) is 0.934. The summed E-state index contributed by atoms with van der Waals surface area (Å²) >= 11 is 0. The normalized spacial score (nSPS) is 17.9. The first-order valence-electron chi connectivity index (χ1n) is 5.05. The van der Waals surface area contributed by atoms with Crippen molar-refractivity contribution < 1.29 is 0 Å². The van der Waals surface area contributed by atoms with Gasteiger partial charge in [-0.3, -0.25) is 4.98 Å². The standard InChI is InChI=1S/C10H16N4/c1-7-10(13-5-4-12-7)14-9(6-11)8-2-3-8/h4-5,8-9H,2-3,6,11H2,1H3,(H,13,14). The Balaban J connectivity index is 2.04. The van der Waals surface area contributed by atoms with Crippen LogP contribution >= 0.6 is 0 Å². The van der Waals surface area contributed by atoms with Crippen LogP contribution in [0.3, 0.4) is 0 Å². The van der Waals surface area contributed by atoms with Crippen LogP contribution in [0.2, 0.25) is 0 Å². The molecular formula is C10H16N4. The van der Waals surface area contributed by atoms with Crippen LogP contribution in [0.5, 0.6) is 0 Å². The van der Waals surface area contributed by atoms with E-state index >= 15 is 0 Å². The molecule has 0 radical (unpaired) electrons. The molecule has 1 fully saturated rings. The molecular weight excluding hydrogens is 176 g/mol. The van der Waals surface area contributed by atoms with E-state index in [-0.39, 0.29) is 0 Å². The Labute approximate surface area is 83.9 Å². The van der Waals surface area contributed by atoms with Gasteiger partial charge in [0.25, 0.3) is 0 Å². The summed E-state index contributed by atoms with van der Waals surface area (Å²) in [6.07, 6.45) is 5.98. The molecule has 3 N–H and O–H groups in total. The average molecular weight is 192 g/mol. The third-order valence-electron chi connectivity index (χ3n) is 2.65. The molecule has 0 amide bonds. The van der Waals surface area contributed by atoms with Crippen LogP contribution in [0.4, 0.5) is 5.82 Å². The van der Waals surface area contributed by atoms with Crippen molar-refractivity contribution in [2.75, 3.05) is 11.9 Å². The lowest BCUT2D eigenvalue weighted by atomic mass is 10.2. The van der Waals surface area contributed by atoms with Crippen LogP contribution in [0.25, 0.3) is 0 Å². The van der Waals surface area contributed by atoms with Gasteiger partial charge in [-0.25, -0.2) is 4.98 Å². The van der Waals surface area contributed by atoms with Crippen LogP contribution in [-0.4, -0.2) is 22.6 Å². The zero-order valence-electron chi connectivity index (χ0n) is 8.40. The summed E-state index contributed by atoms with van der Waals surface area (Å²) in [5.74, 6) is 1.61. The van der Waals surface area contributed by atoms with Crippen molar-refractivity contribution in [3.8, 4) is 0 Å². The van der Waals surface area contributed by atoms with Crippen LogP contribution in [0.1, 0.15) is 18.5 Å². The second-order valence-corrected chi connectivity index (χ2v) is 3.81. The maximum atomic E-state index is 5.70. The smallest absolute Gasteiger partial charge is 0.147 e. The van der Waals surface area contributed by atoms with Crippen LogP contribution in [0.15, 0.2) is 12.4 Å². The molecule has 0 saturated heterocycles. The van der Waals surface area contributed by atoms with E-state index in [1.54, 1.807) is 12.4 Å². The number of aryl methyl sites for hydroxylation is 1. The summed E-state index contributed by atoms with van der Waals surface area (Å²) in [6.45, 7) is 2.62. The summed E-state index contributed by atoms with van der Waals surface area (Å²) in [6, 6.07) is 0.366. The number of nitrogens with two attached hydrogens (primary N) is 1. The average Bonchev–Trinajstić information content (AvgIpc) is 3.00. The highest BCUT2D eigenvalue weighted by Crippen LogP contribution is 2.33. The maximum Gasteiger partial charge on any atom is 0.147 e. The van der Waals surface area contributed by atoms with Gasteiger partial charge >= 0.3 is 0 Å². The van der Waals surface area contributed by atoms with Gasteiger partial charge in [0.2, 0.25) is 0 Å². The molecule has 1 aromatic heterocycles. The zero-order chi connectivity index (χ0) is 9.97. The highest BCUT2D eigenvalue weighted by molar-refractivity contribution is 5.40. The molecule has 1 aliphatic carbocycles. The molecule has 4 heteroatoms. The molecule has 0 aliphatic heterocycles. The summed E-state index contributed by atoms with van der Waals surface area (Å²) < 4.78 is 0. The van der Waals surface area contributed by atoms with Gasteiger partial charge in [-0.05, 0) is 25.7 Å². The highest BCUT2D eigenvalue weighted by Gasteiger charge is 2.30. The Morgan fingerprint density at radius 1 is 1.50 bits per heavy atom. The van der Waals surface area contributed by atoms with E-state index in [1.165, 1.54) is 12.8 Å². The third-order valence-corrected chi connectivity index (χ3v) is 2.65. The molecule has 1 heterocycles. The Morgan fingerprint density at radius 2 is 2.21 bits per heavy atom. The van der Waals surface area contributed by atoms with Gasteiger partial charge in [0.1, 0.15) is 5.82 Å². The van der Waals surface area contributed by atoms with E-state index in [0.717, 1.165) is 17.4 Å². The first-order valence-corrected chi connectivity index (χ1v) is 5.05. The molecule has 1 saturated carbocycles. The number of hydrogen-bond acceptors (Lipinski definition) is 4. The Bertz CT molecular complexity index is 309. The molecule has 0 bridgehead atoms. The van der Waals surface area contributed by atoms with Crippen molar-refractivity contribution in [2.45, 2.75) is 25.8 Å². The van der Waals surface area contributed by atoms with Gasteiger partial charge in [-0.1, -0.05) is 0 Å². The lowest BCUT2D eigenvalue weighted by Gasteiger charge is -2.17. The summed E-state index contributed by atoms with van der Waals surface area (Å²) in [4.78, 5) is 8.43. The SMILES string of the molecule is Cc1nccnc1NC(CN)C1CC1. The Kier molecular flexibility index (Phi) is 2.63. The monoisotopic (exact) mass is 192 g/mol. The Morgan fingerprint density at radius 3 is 2.79 bits per heavy atom. The largest absolute Gasteiger partial charge is 0.364 e. The first kappa shape index (κ1) is 9.40. The molecule has 1 aromatic rings. The van der Waals surface area contributed by atoms with E-state index in [9.17, 15) is 0 Å². The van der Waals surface area contributed by atoms with Crippen LogP contribution in [-0.2, 0) is 0 Å². The zero-order valence-corrected chi connectivity index (χ0v) is 8.40. The van der Waals surface area contributed by atoms with Gasteiger partial charge in [-0.2, -0.15) is 0 Å². The minimum Gasteiger partial charge on any atom is -0.364 e. The number of aromatic nitrogens is 2. The topological polar surface area (TPSA) is 63.8 Å². The van der Waals surface area contributed by atoms with Gasteiger partial charge in [0, 0.05) is 25.0 Å². The second kappa shape index (κ2) is 3.92. The maximum absolute atomic E-state index is 5.70. The molecule has 4 nitrogen and oxygen atoms in total. The van der Waals surface area contributed by atoms with Crippen molar-refractivity contribution in [3.05, 3.63) is 18.1 Å². The fraction of sp³-hybridized carbons (Fsp3) is 0.600. The van der Waals surface area contributed by atoms with Crippen molar-refractivity contribution in [2.24, 2.45) is 11.7 Å². The quantitative estimate of drug-likeness (QED) is 0.745. The second-order valence-electron chi connectivity index (χ2n) is 3.81. The fourth-order valence-electron chi connectivity index (χ4n) is 1.59. The number of hydrogen-bond donors (Lipinski definition) is 2. The van der Waals surface area contributed by atoms with E-state index in [4.69, 9.17) is 5.73 Å². The fourth-order valence-corrected chi connectivity index (χ4v) is 1.59. The summed E-state index contributed by atoms with van der Waals surface area (Å²) in [5, 5.41) is 3.36. The molecule has 2 rings (SSSR count). The van der Waals surface area contributed by atoms with Crippen molar-refractivity contribution in [3.63, 3.8) is 0 Å². The third kappa shape index (κ3) is 2.01. The van der Waals surface area contributed by atoms with Gasteiger partial charge in [0.15, 0.2) is 0 Å². The van der Waals surface area contributed by atoms with Crippen molar-refractivity contribution in [1.82, 2.24) is 9.97 Å². The molecule has 1 aliphatic rings. The Hall–Kier alpha value is -1.16. The van der Waals surface area contributed by atoms with E-state index in [2.05, 4.69) is 15.3 Å². The van der Waals surface area contributed by atoms with E-state index in [0.29, 0.717) is 12.6 Å². The van der Waals surface area contributed by atoms with Crippen molar-refractivity contribution >= 4 is 5.82 Å².